The molecule has 0 saturated carbocycles. The third kappa shape index (κ3) is 7.07. The van der Waals surface area contributed by atoms with E-state index in [1.165, 1.54) is 0 Å². The molecule has 1 N–H and O–H groups in total. The molecule has 7 heteroatoms. The zero-order valence-electron chi connectivity index (χ0n) is 14.8. The number of morpholine rings is 1. The molecule has 2 rings (SSSR count). The molecule has 2 heterocycles. The van der Waals surface area contributed by atoms with Gasteiger partial charge in [-0.3, -0.25) is 14.6 Å². The monoisotopic (exact) mass is 373 g/mol. The Labute approximate surface area is 153 Å². The average Bonchev–Trinajstić information content (AvgIpc) is 2.89. The molecular formula is C17H28ClN3O2S. The van der Waals surface area contributed by atoms with Gasteiger partial charge in [-0.15, -0.1) is 11.3 Å². The summed E-state index contributed by atoms with van der Waals surface area (Å²) >= 11 is 7.48. The van der Waals surface area contributed by atoms with Crippen molar-refractivity contribution >= 4 is 28.8 Å². The first-order valence-corrected chi connectivity index (χ1v) is 9.65. The number of likely N-dealkylation sites (N-methyl/N-ethyl adjacent to an activating group) is 1. The van der Waals surface area contributed by atoms with Crippen molar-refractivity contribution in [2.24, 2.45) is 5.92 Å². The molecule has 1 aromatic rings. The second-order valence-electron chi connectivity index (χ2n) is 6.83. The molecule has 1 unspecified atom stereocenters. The molecule has 0 bridgehead atoms. The minimum Gasteiger partial charge on any atom is -0.374 e. The molecule has 136 valence electrons. The predicted molar refractivity (Wildman–Crippen MR) is 99.7 cm³/mol. The lowest BCUT2D eigenvalue weighted by Gasteiger charge is -2.34. The number of rotatable bonds is 8. The SMILES string of the molecule is CC(C)CN1CCOC(CNC(=O)CN(C)Cc2ccc(Cl)s2)C1. The van der Waals surface area contributed by atoms with Crippen molar-refractivity contribution in [3.63, 3.8) is 0 Å². The molecular weight excluding hydrogens is 346 g/mol. The molecule has 0 aliphatic carbocycles. The fraction of sp³-hybridized carbons (Fsp3) is 0.706. The average molecular weight is 374 g/mol. The van der Waals surface area contributed by atoms with E-state index in [-0.39, 0.29) is 12.0 Å². The van der Waals surface area contributed by atoms with Crippen LogP contribution in [0.4, 0.5) is 0 Å². The molecule has 1 saturated heterocycles. The van der Waals surface area contributed by atoms with Crippen LogP contribution in [0.5, 0.6) is 0 Å². The maximum absolute atomic E-state index is 12.1. The van der Waals surface area contributed by atoms with Crippen LogP contribution in [0.15, 0.2) is 12.1 Å². The second-order valence-corrected chi connectivity index (χ2v) is 8.63. The molecule has 0 aromatic carbocycles. The zero-order valence-corrected chi connectivity index (χ0v) is 16.3. The largest absolute Gasteiger partial charge is 0.374 e. The highest BCUT2D eigenvalue weighted by Gasteiger charge is 2.21. The van der Waals surface area contributed by atoms with Crippen LogP contribution in [0, 0.1) is 5.92 Å². The van der Waals surface area contributed by atoms with Crippen molar-refractivity contribution in [2.45, 2.75) is 26.5 Å². The van der Waals surface area contributed by atoms with Crippen LogP contribution in [-0.2, 0) is 16.1 Å². The highest BCUT2D eigenvalue weighted by Crippen LogP contribution is 2.22. The molecule has 1 aliphatic heterocycles. The Morgan fingerprint density at radius 2 is 2.33 bits per heavy atom. The number of thiophene rings is 1. The number of carbonyl (C=O) groups is 1. The molecule has 0 spiro atoms. The molecule has 1 aliphatic rings. The molecule has 1 aromatic heterocycles. The molecule has 1 amide bonds. The van der Waals surface area contributed by atoms with E-state index in [0.717, 1.165) is 42.0 Å². The van der Waals surface area contributed by atoms with Gasteiger partial charge in [0.1, 0.15) is 0 Å². The maximum atomic E-state index is 12.1. The first-order chi connectivity index (χ1) is 11.4. The van der Waals surface area contributed by atoms with Crippen molar-refractivity contribution in [1.29, 1.82) is 0 Å². The third-order valence-corrected chi connectivity index (χ3v) is 5.06. The predicted octanol–water partition coefficient (Wildman–Crippen LogP) is 2.31. The fourth-order valence-corrected chi connectivity index (χ4v) is 4.04. The van der Waals surface area contributed by atoms with Gasteiger partial charge < -0.3 is 10.1 Å². The van der Waals surface area contributed by atoms with E-state index in [1.807, 2.05) is 24.1 Å². The molecule has 24 heavy (non-hydrogen) atoms. The van der Waals surface area contributed by atoms with E-state index in [1.54, 1.807) is 11.3 Å². The summed E-state index contributed by atoms with van der Waals surface area (Å²) < 4.78 is 6.54. The van der Waals surface area contributed by atoms with Gasteiger partial charge in [0.15, 0.2) is 0 Å². The normalized spacial score (nSPS) is 19.2. The van der Waals surface area contributed by atoms with Gasteiger partial charge in [0.05, 0.1) is 23.6 Å². The number of carbonyl (C=O) groups excluding carboxylic acids is 1. The van der Waals surface area contributed by atoms with E-state index in [0.29, 0.717) is 19.0 Å². The molecule has 5 nitrogen and oxygen atoms in total. The standard InChI is InChI=1S/C17H28ClN3O2S/c1-13(2)9-21-6-7-23-14(10-21)8-19-17(22)12-20(3)11-15-4-5-16(18)24-15/h4-5,13-14H,6-12H2,1-3H3,(H,19,22). The second kappa shape index (κ2) is 9.73. The Morgan fingerprint density at radius 3 is 3.00 bits per heavy atom. The third-order valence-electron chi connectivity index (χ3n) is 3.84. The van der Waals surface area contributed by atoms with Crippen molar-refractivity contribution in [2.75, 3.05) is 46.4 Å². The number of hydrogen-bond donors (Lipinski definition) is 1. The summed E-state index contributed by atoms with van der Waals surface area (Å²) in [4.78, 5) is 17.7. The summed E-state index contributed by atoms with van der Waals surface area (Å²) in [5, 5.41) is 2.99. The molecule has 1 fully saturated rings. The van der Waals surface area contributed by atoms with Gasteiger partial charge >= 0.3 is 0 Å². The maximum Gasteiger partial charge on any atom is 0.234 e. The Bertz CT molecular complexity index is 524. The van der Waals surface area contributed by atoms with Crippen molar-refractivity contribution in [1.82, 2.24) is 15.1 Å². The van der Waals surface area contributed by atoms with Crippen molar-refractivity contribution < 1.29 is 9.53 Å². The number of halogens is 1. The van der Waals surface area contributed by atoms with E-state index in [4.69, 9.17) is 16.3 Å². The quantitative estimate of drug-likeness (QED) is 0.759. The number of amides is 1. The van der Waals surface area contributed by atoms with E-state index in [9.17, 15) is 4.79 Å². The minimum absolute atomic E-state index is 0.0322. The van der Waals surface area contributed by atoms with Crippen LogP contribution in [0.1, 0.15) is 18.7 Å². The van der Waals surface area contributed by atoms with Crippen molar-refractivity contribution in [3.05, 3.63) is 21.3 Å². The molecule has 0 radical (unpaired) electrons. The summed E-state index contributed by atoms with van der Waals surface area (Å²) in [6.45, 7) is 9.83. The van der Waals surface area contributed by atoms with Gasteiger partial charge in [-0.1, -0.05) is 25.4 Å². The first-order valence-electron chi connectivity index (χ1n) is 8.45. The van der Waals surface area contributed by atoms with Gasteiger partial charge in [-0.2, -0.15) is 0 Å². The lowest BCUT2D eigenvalue weighted by atomic mass is 10.2. The van der Waals surface area contributed by atoms with Crippen LogP contribution >= 0.6 is 22.9 Å². The lowest BCUT2D eigenvalue weighted by molar-refractivity contribution is -0.123. The Hall–Kier alpha value is -0.660. The van der Waals surface area contributed by atoms with Gasteiger partial charge in [0.25, 0.3) is 0 Å². The minimum atomic E-state index is 0.0322. The fourth-order valence-electron chi connectivity index (χ4n) is 2.87. The Kier molecular flexibility index (Phi) is 7.97. The number of nitrogens with one attached hydrogen (secondary N) is 1. The number of hydrogen-bond acceptors (Lipinski definition) is 5. The van der Waals surface area contributed by atoms with E-state index in [2.05, 4.69) is 24.1 Å². The van der Waals surface area contributed by atoms with Crippen molar-refractivity contribution in [3.8, 4) is 0 Å². The summed E-state index contributed by atoms with van der Waals surface area (Å²) in [5.41, 5.74) is 0. The van der Waals surface area contributed by atoms with Gasteiger partial charge in [0, 0.05) is 37.6 Å². The lowest BCUT2D eigenvalue weighted by Crippen LogP contribution is -2.49. The van der Waals surface area contributed by atoms with Crippen LogP contribution in [0.25, 0.3) is 0 Å². The highest BCUT2D eigenvalue weighted by molar-refractivity contribution is 7.16. The van der Waals surface area contributed by atoms with E-state index >= 15 is 0 Å². The first kappa shape index (κ1) is 19.7. The Morgan fingerprint density at radius 1 is 1.54 bits per heavy atom. The highest BCUT2D eigenvalue weighted by atomic mass is 35.5. The summed E-state index contributed by atoms with van der Waals surface area (Å²) in [6.07, 6.45) is 0.0860. The summed E-state index contributed by atoms with van der Waals surface area (Å²) in [6, 6.07) is 3.89. The van der Waals surface area contributed by atoms with Crippen LogP contribution in [0.2, 0.25) is 4.34 Å². The Balaban J connectivity index is 1.66. The van der Waals surface area contributed by atoms with Crippen LogP contribution in [0.3, 0.4) is 0 Å². The van der Waals surface area contributed by atoms with Gasteiger partial charge in [-0.25, -0.2) is 0 Å². The van der Waals surface area contributed by atoms with Gasteiger partial charge in [0.2, 0.25) is 5.91 Å². The number of nitrogens with zero attached hydrogens (tertiary/aromatic N) is 2. The molecule has 1 atom stereocenters. The zero-order chi connectivity index (χ0) is 17.5. The van der Waals surface area contributed by atoms with Crippen LogP contribution in [-0.4, -0.2) is 68.2 Å². The smallest absolute Gasteiger partial charge is 0.234 e. The topological polar surface area (TPSA) is 44.8 Å². The number of ether oxygens (including phenoxy) is 1. The summed E-state index contributed by atoms with van der Waals surface area (Å²) in [5.74, 6) is 0.683. The van der Waals surface area contributed by atoms with Crippen LogP contribution < -0.4 is 5.32 Å². The van der Waals surface area contributed by atoms with Gasteiger partial charge in [-0.05, 0) is 25.1 Å². The van der Waals surface area contributed by atoms with E-state index < -0.39 is 0 Å². The summed E-state index contributed by atoms with van der Waals surface area (Å²) in [7, 11) is 1.94.